The lowest BCUT2D eigenvalue weighted by Crippen LogP contribution is -1.91. The van der Waals surface area contributed by atoms with Gasteiger partial charge in [-0.1, -0.05) is 11.3 Å². The Bertz CT molecular complexity index is 973. The monoisotopic (exact) mass is 338 g/mol. The second-order valence-corrected chi connectivity index (χ2v) is 5.96. The van der Waals surface area contributed by atoms with Crippen LogP contribution >= 0.6 is 11.3 Å². The Labute approximate surface area is 140 Å². The number of ether oxygens (including phenoxy) is 1. The molecule has 0 spiro atoms. The number of nitrogens with one attached hydrogen (secondary N) is 1. The summed E-state index contributed by atoms with van der Waals surface area (Å²) in [4.78, 5) is 12.4. The molecule has 0 atom stereocenters. The van der Waals surface area contributed by atoms with E-state index >= 15 is 0 Å². The van der Waals surface area contributed by atoms with Crippen LogP contribution in [0, 0.1) is 5.82 Å². The van der Waals surface area contributed by atoms with Gasteiger partial charge in [0.05, 0.1) is 16.4 Å². The zero-order chi connectivity index (χ0) is 16.4. The van der Waals surface area contributed by atoms with Crippen LogP contribution in [0.25, 0.3) is 10.2 Å². The maximum absolute atomic E-state index is 13.2. The standard InChI is InChI=1S/C17H11FN4OS/c18-11-1-6-15-14(9-11)22-17(24-15)21-12-2-4-13(5-3-12)23-16-10-19-7-8-20-16/h1-10H,(H,21,22). The topological polar surface area (TPSA) is 59.9 Å². The summed E-state index contributed by atoms with van der Waals surface area (Å²) in [5.74, 6) is 0.809. The molecule has 118 valence electrons. The van der Waals surface area contributed by atoms with Crippen molar-refractivity contribution in [2.24, 2.45) is 0 Å². The van der Waals surface area contributed by atoms with Gasteiger partial charge in [-0.3, -0.25) is 4.98 Å². The van der Waals surface area contributed by atoms with Gasteiger partial charge in [0.2, 0.25) is 5.88 Å². The minimum Gasteiger partial charge on any atom is -0.438 e. The van der Waals surface area contributed by atoms with Gasteiger partial charge in [-0.05, 0) is 36.4 Å². The minimum atomic E-state index is -0.287. The molecule has 0 aliphatic heterocycles. The number of hydrogen-bond donors (Lipinski definition) is 1. The highest BCUT2D eigenvalue weighted by atomic mass is 32.1. The number of fused-ring (bicyclic) bond motifs is 1. The van der Waals surface area contributed by atoms with E-state index < -0.39 is 0 Å². The molecule has 2 aromatic heterocycles. The Morgan fingerprint density at radius 2 is 1.92 bits per heavy atom. The van der Waals surface area contributed by atoms with Crippen LogP contribution in [-0.2, 0) is 0 Å². The van der Waals surface area contributed by atoms with E-state index in [0.29, 0.717) is 22.3 Å². The fraction of sp³-hybridized carbons (Fsp3) is 0. The second kappa shape index (κ2) is 6.21. The SMILES string of the molecule is Fc1ccc2sc(Nc3ccc(Oc4cnccn4)cc3)nc2c1. The molecule has 0 unspecified atom stereocenters. The van der Waals surface area contributed by atoms with Crippen molar-refractivity contribution in [2.45, 2.75) is 0 Å². The first-order valence-electron chi connectivity index (χ1n) is 7.13. The van der Waals surface area contributed by atoms with Crippen molar-refractivity contribution in [3.63, 3.8) is 0 Å². The quantitative estimate of drug-likeness (QED) is 0.581. The largest absolute Gasteiger partial charge is 0.438 e. The summed E-state index contributed by atoms with van der Waals surface area (Å²) >= 11 is 1.47. The number of nitrogens with zero attached hydrogens (tertiary/aromatic N) is 3. The highest BCUT2D eigenvalue weighted by molar-refractivity contribution is 7.22. The molecular weight excluding hydrogens is 327 g/mol. The summed E-state index contributed by atoms with van der Waals surface area (Å²) in [6.07, 6.45) is 4.71. The fourth-order valence-electron chi connectivity index (χ4n) is 2.14. The first-order chi connectivity index (χ1) is 11.8. The zero-order valence-electron chi connectivity index (χ0n) is 12.3. The predicted octanol–water partition coefficient (Wildman–Crippen LogP) is 4.76. The van der Waals surface area contributed by atoms with Gasteiger partial charge in [0.15, 0.2) is 5.13 Å². The summed E-state index contributed by atoms with van der Waals surface area (Å²) in [6, 6.07) is 12.0. The maximum atomic E-state index is 13.2. The average Bonchev–Trinajstić information content (AvgIpc) is 2.99. The Hall–Kier alpha value is -3.06. The first kappa shape index (κ1) is 14.5. The summed E-state index contributed by atoms with van der Waals surface area (Å²) in [5, 5.41) is 3.91. The van der Waals surface area contributed by atoms with E-state index in [1.54, 1.807) is 24.7 Å². The number of anilines is 2. The van der Waals surface area contributed by atoms with Crippen LogP contribution in [-0.4, -0.2) is 15.0 Å². The van der Waals surface area contributed by atoms with E-state index in [0.717, 1.165) is 10.4 Å². The van der Waals surface area contributed by atoms with Crippen molar-refractivity contribution in [1.82, 2.24) is 15.0 Å². The van der Waals surface area contributed by atoms with Crippen LogP contribution in [0.2, 0.25) is 0 Å². The van der Waals surface area contributed by atoms with Crippen molar-refractivity contribution < 1.29 is 9.13 Å². The van der Waals surface area contributed by atoms with Gasteiger partial charge in [0, 0.05) is 24.1 Å². The number of rotatable bonds is 4. The Morgan fingerprint density at radius 3 is 2.71 bits per heavy atom. The van der Waals surface area contributed by atoms with Gasteiger partial charge in [0.25, 0.3) is 0 Å². The normalized spacial score (nSPS) is 10.7. The first-order valence-corrected chi connectivity index (χ1v) is 7.95. The molecule has 2 heterocycles. The Morgan fingerprint density at radius 1 is 1.04 bits per heavy atom. The van der Waals surface area contributed by atoms with E-state index in [-0.39, 0.29) is 5.82 Å². The van der Waals surface area contributed by atoms with E-state index in [4.69, 9.17) is 4.74 Å². The van der Waals surface area contributed by atoms with Crippen LogP contribution in [0.4, 0.5) is 15.2 Å². The zero-order valence-corrected chi connectivity index (χ0v) is 13.1. The van der Waals surface area contributed by atoms with Crippen LogP contribution in [0.3, 0.4) is 0 Å². The van der Waals surface area contributed by atoms with Crippen LogP contribution < -0.4 is 10.1 Å². The number of aromatic nitrogens is 3. The van der Waals surface area contributed by atoms with Crippen molar-refractivity contribution in [1.29, 1.82) is 0 Å². The van der Waals surface area contributed by atoms with Gasteiger partial charge < -0.3 is 10.1 Å². The lowest BCUT2D eigenvalue weighted by molar-refractivity contribution is 0.460. The molecule has 0 bridgehead atoms. The van der Waals surface area contributed by atoms with Gasteiger partial charge in [-0.2, -0.15) is 0 Å². The number of thiazole rings is 1. The molecule has 0 radical (unpaired) electrons. The lowest BCUT2D eigenvalue weighted by atomic mass is 10.3. The van der Waals surface area contributed by atoms with E-state index in [2.05, 4.69) is 20.3 Å². The molecule has 24 heavy (non-hydrogen) atoms. The lowest BCUT2D eigenvalue weighted by Gasteiger charge is -2.06. The van der Waals surface area contributed by atoms with Gasteiger partial charge in [-0.25, -0.2) is 14.4 Å². The molecule has 7 heteroatoms. The fourth-order valence-corrected chi connectivity index (χ4v) is 3.01. The molecule has 0 aliphatic carbocycles. The van der Waals surface area contributed by atoms with Gasteiger partial charge in [-0.15, -0.1) is 0 Å². The summed E-state index contributed by atoms with van der Waals surface area (Å²) in [7, 11) is 0. The maximum Gasteiger partial charge on any atom is 0.237 e. The average molecular weight is 338 g/mol. The summed E-state index contributed by atoms with van der Waals surface area (Å²) < 4.78 is 19.7. The van der Waals surface area contributed by atoms with Crippen molar-refractivity contribution in [3.8, 4) is 11.6 Å². The summed E-state index contributed by atoms with van der Waals surface area (Å²) in [5.41, 5.74) is 1.51. The molecule has 0 saturated heterocycles. The highest BCUT2D eigenvalue weighted by Crippen LogP contribution is 2.29. The molecule has 1 N–H and O–H groups in total. The van der Waals surface area contributed by atoms with E-state index in [1.165, 1.54) is 23.5 Å². The molecule has 0 fully saturated rings. The third-order valence-corrected chi connectivity index (χ3v) is 4.17. The second-order valence-electron chi connectivity index (χ2n) is 4.93. The van der Waals surface area contributed by atoms with Crippen LogP contribution in [0.1, 0.15) is 0 Å². The molecule has 0 amide bonds. The smallest absolute Gasteiger partial charge is 0.237 e. The molecule has 0 saturated carbocycles. The molecule has 2 aromatic carbocycles. The van der Waals surface area contributed by atoms with Crippen LogP contribution in [0.15, 0.2) is 61.1 Å². The van der Waals surface area contributed by atoms with E-state index in [9.17, 15) is 4.39 Å². The molecular formula is C17H11FN4OS. The minimum absolute atomic E-state index is 0.287. The molecule has 5 nitrogen and oxygen atoms in total. The number of halogens is 1. The third kappa shape index (κ3) is 3.16. The number of benzene rings is 2. The Kier molecular flexibility index (Phi) is 3.76. The molecule has 4 rings (SSSR count). The highest BCUT2D eigenvalue weighted by Gasteiger charge is 2.05. The van der Waals surface area contributed by atoms with Crippen molar-refractivity contribution in [3.05, 3.63) is 66.9 Å². The number of hydrogen-bond acceptors (Lipinski definition) is 6. The third-order valence-electron chi connectivity index (χ3n) is 3.22. The van der Waals surface area contributed by atoms with Crippen LogP contribution in [0.5, 0.6) is 11.6 Å². The summed E-state index contributed by atoms with van der Waals surface area (Å²) in [6.45, 7) is 0. The molecule has 4 aromatic rings. The molecule has 0 aliphatic rings. The van der Waals surface area contributed by atoms with Gasteiger partial charge >= 0.3 is 0 Å². The predicted molar refractivity (Wildman–Crippen MR) is 91.4 cm³/mol. The van der Waals surface area contributed by atoms with Crippen molar-refractivity contribution >= 4 is 32.4 Å². The van der Waals surface area contributed by atoms with E-state index in [1.807, 2.05) is 24.3 Å². The van der Waals surface area contributed by atoms with Crippen molar-refractivity contribution in [2.75, 3.05) is 5.32 Å². The van der Waals surface area contributed by atoms with Gasteiger partial charge in [0.1, 0.15) is 11.6 Å². The Balaban J connectivity index is 1.50.